The van der Waals surface area contributed by atoms with Crippen molar-refractivity contribution in [3.8, 4) is 0 Å². The zero-order valence-corrected chi connectivity index (χ0v) is 9.75. The number of nitrogens with two attached hydrogens (primary N) is 1. The number of hydrogen-bond acceptors (Lipinski definition) is 3. The number of amides is 1. The Morgan fingerprint density at radius 1 is 1.15 bits per heavy atom. The molecular formula is C12H7F4N3O. The van der Waals surface area contributed by atoms with Crippen LogP contribution in [0.2, 0.25) is 0 Å². The van der Waals surface area contributed by atoms with Gasteiger partial charge in [0.15, 0.2) is 23.3 Å². The molecule has 0 atom stereocenters. The number of nitrogens with one attached hydrogen (secondary N) is 1. The van der Waals surface area contributed by atoms with Crippen LogP contribution in [0.5, 0.6) is 0 Å². The molecule has 0 radical (unpaired) electrons. The molecule has 0 aliphatic heterocycles. The Bertz CT molecular complexity index is 664. The molecule has 2 aromatic rings. The molecule has 104 valence electrons. The van der Waals surface area contributed by atoms with Gasteiger partial charge in [-0.15, -0.1) is 0 Å². The van der Waals surface area contributed by atoms with Crippen LogP contribution >= 0.6 is 0 Å². The van der Waals surface area contributed by atoms with Gasteiger partial charge in [0.2, 0.25) is 0 Å². The Morgan fingerprint density at radius 3 is 2.30 bits per heavy atom. The first-order valence-electron chi connectivity index (χ1n) is 5.25. The summed E-state index contributed by atoms with van der Waals surface area (Å²) >= 11 is 0. The van der Waals surface area contributed by atoms with Gasteiger partial charge in [-0.1, -0.05) is 0 Å². The fourth-order valence-electron chi connectivity index (χ4n) is 1.46. The van der Waals surface area contributed by atoms with Crippen LogP contribution < -0.4 is 11.1 Å². The second-order valence-corrected chi connectivity index (χ2v) is 3.76. The number of benzene rings is 1. The van der Waals surface area contributed by atoms with E-state index in [2.05, 4.69) is 4.98 Å². The molecule has 1 aromatic carbocycles. The fraction of sp³-hybridized carbons (Fsp3) is 0. The number of carbonyl (C=O) groups is 1. The predicted molar refractivity (Wildman–Crippen MR) is 62.9 cm³/mol. The molecule has 8 heteroatoms. The summed E-state index contributed by atoms with van der Waals surface area (Å²) in [6.45, 7) is 0. The van der Waals surface area contributed by atoms with E-state index in [1.807, 2.05) is 0 Å². The molecule has 20 heavy (non-hydrogen) atoms. The molecule has 1 heterocycles. The van der Waals surface area contributed by atoms with Gasteiger partial charge in [-0.2, -0.15) is 0 Å². The normalized spacial score (nSPS) is 10.4. The van der Waals surface area contributed by atoms with Crippen molar-refractivity contribution in [3.63, 3.8) is 0 Å². The molecular weight excluding hydrogens is 278 g/mol. The van der Waals surface area contributed by atoms with Gasteiger partial charge in [0.1, 0.15) is 5.69 Å². The average Bonchev–Trinajstić information content (AvgIpc) is 2.41. The third-order valence-corrected chi connectivity index (χ3v) is 2.45. The van der Waals surface area contributed by atoms with Crippen molar-refractivity contribution in [2.24, 2.45) is 0 Å². The minimum absolute atomic E-state index is 0.00445. The van der Waals surface area contributed by atoms with Gasteiger partial charge < -0.3 is 11.1 Å². The summed E-state index contributed by atoms with van der Waals surface area (Å²) in [5.41, 5.74) is 4.06. The topological polar surface area (TPSA) is 68.0 Å². The lowest BCUT2D eigenvalue weighted by Gasteiger charge is -2.09. The Balaban J connectivity index is 2.41. The summed E-state index contributed by atoms with van der Waals surface area (Å²) in [4.78, 5) is 15.4. The fourth-order valence-corrected chi connectivity index (χ4v) is 1.46. The van der Waals surface area contributed by atoms with Crippen molar-refractivity contribution >= 4 is 17.3 Å². The molecule has 0 aliphatic carbocycles. The molecule has 0 saturated heterocycles. The van der Waals surface area contributed by atoms with Gasteiger partial charge in [0.05, 0.1) is 5.56 Å². The molecule has 4 nitrogen and oxygen atoms in total. The van der Waals surface area contributed by atoms with E-state index in [0.717, 1.165) is 6.20 Å². The van der Waals surface area contributed by atoms with E-state index in [0.29, 0.717) is 0 Å². The summed E-state index contributed by atoms with van der Waals surface area (Å²) in [6.07, 6.45) is 2.35. The quantitative estimate of drug-likeness (QED) is 0.658. The highest BCUT2D eigenvalue weighted by Gasteiger charge is 2.22. The molecule has 3 N–H and O–H groups in total. The Kier molecular flexibility index (Phi) is 3.55. The number of carbonyl (C=O) groups excluding carboxylic acids is 1. The number of anilines is 2. The largest absolute Gasteiger partial charge is 0.398 e. The number of pyridine rings is 1. The van der Waals surface area contributed by atoms with Crippen LogP contribution in [0.3, 0.4) is 0 Å². The third kappa shape index (κ3) is 2.40. The standard InChI is InChI=1S/C12H7F4N3O/c13-6-3-7(14)10(16)11(9(6)15)19-12(20)5-4-18-2-1-8(5)17/h1-4H,(H2,17,18)(H,19,20). The average molecular weight is 285 g/mol. The van der Waals surface area contributed by atoms with Crippen LogP contribution in [0, 0.1) is 23.3 Å². The van der Waals surface area contributed by atoms with Crippen LogP contribution in [0.1, 0.15) is 10.4 Å². The number of hydrogen-bond donors (Lipinski definition) is 2. The molecule has 0 aliphatic rings. The van der Waals surface area contributed by atoms with Crippen molar-refractivity contribution in [2.45, 2.75) is 0 Å². The number of nitrogen functional groups attached to an aromatic ring is 1. The van der Waals surface area contributed by atoms with E-state index in [-0.39, 0.29) is 17.3 Å². The lowest BCUT2D eigenvalue weighted by molar-refractivity contribution is 0.102. The number of nitrogens with zero attached hydrogens (tertiary/aromatic N) is 1. The van der Waals surface area contributed by atoms with Gasteiger partial charge in [0.25, 0.3) is 5.91 Å². The highest BCUT2D eigenvalue weighted by molar-refractivity contribution is 6.07. The van der Waals surface area contributed by atoms with Gasteiger partial charge in [-0.05, 0) is 6.07 Å². The monoisotopic (exact) mass is 285 g/mol. The summed E-state index contributed by atoms with van der Waals surface area (Å²) in [5, 5.41) is 1.73. The van der Waals surface area contributed by atoms with Crippen LogP contribution in [0.25, 0.3) is 0 Å². The smallest absolute Gasteiger partial charge is 0.259 e. The first kappa shape index (κ1) is 13.8. The van der Waals surface area contributed by atoms with Crippen molar-refractivity contribution in [1.29, 1.82) is 0 Å². The van der Waals surface area contributed by atoms with Crippen LogP contribution in [0.4, 0.5) is 28.9 Å². The molecule has 0 saturated carbocycles. The molecule has 0 spiro atoms. The van der Waals surface area contributed by atoms with Crippen molar-refractivity contribution in [1.82, 2.24) is 4.98 Å². The molecule has 2 rings (SSSR count). The Morgan fingerprint density at radius 2 is 1.75 bits per heavy atom. The maximum atomic E-state index is 13.4. The molecule has 0 fully saturated rings. The van der Waals surface area contributed by atoms with E-state index >= 15 is 0 Å². The van der Waals surface area contributed by atoms with E-state index in [1.165, 1.54) is 12.3 Å². The summed E-state index contributed by atoms with van der Waals surface area (Å²) in [7, 11) is 0. The number of aromatic nitrogens is 1. The van der Waals surface area contributed by atoms with Gasteiger partial charge in [-0.3, -0.25) is 9.78 Å². The van der Waals surface area contributed by atoms with Crippen LogP contribution in [-0.4, -0.2) is 10.9 Å². The lowest BCUT2D eigenvalue weighted by Crippen LogP contribution is -2.17. The molecule has 1 amide bonds. The first-order chi connectivity index (χ1) is 9.41. The maximum absolute atomic E-state index is 13.4. The Hall–Kier alpha value is -2.64. The predicted octanol–water partition coefficient (Wildman–Crippen LogP) is 2.47. The zero-order valence-electron chi connectivity index (χ0n) is 9.75. The summed E-state index contributed by atoms with van der Waals surface area (Å²) < 4.78 is 52.7. The SMILES string of the molecule is Nc1ccncc1C(=O)Nc1c(F)c(F)cc(F)c1F. The second-order valence-electron chi connectivity index (χ2n) is 3.76. The minimum atomic E-state index is -1.71. The van der Waals surface area contributed by atoms with Crippen LogP contribution in [-0.2, 0) is 0 Å². The second kappa shape index (κ2) is 5.16. The highest BCUT2D eigenvalue weighted by atomic mass is 19.2. The maximum Gasteiger partial charge on any atom is 0.259 e. The summed E-state index contributed by atoms with van der Waals surface area (Å²) in [6, 6.07) is 1.33. The van der Waals surface area contributed by atoms with E-state index < -0.39 is 34.9 Å². The number of halogens is 4. The molecule has 1 aromatic heterocycles. The first-order valence-corrected chi connectivity index (χ1v) is 5.25. The highest BCUT2D eigenvalue weighted by Crippen LogP contribution is 2.25. The van der Waals surface area contributed by atoms with E-state index in [1.54, 1.807) is 5.32 Å². The number of rotatable bonds is 2. The van der Waals surface area contributed by atoms with Gasteiger partial charge in [-0.25, -0.2) is 17.6 Å². The van der Waals surface area contributed by atoms with Crippen LogP contribution in [0.15, 0.2) is 24.5 Å². The zero-order chi connectivity index (χ0) is 14.9. The van der Waals surface area contributed by atoms with Gasteiger partial charge in [0, 0.05) is 24.1 Å². The molecule has 0 bridgehead atoms. The van der Waals surface area contributed by atoms with E-state index in [9.17, 15) is 22.4 Å². The summed E-state index contributed by atoms with van der Waals surface area (Å²) in [5.74, 6) is -7.71. The van der Waals surface area contributed by atoms with Crippen molar-refractivity contribution in [3.05, 3.63) is 53.4 Å². The van der Waals surface area contributed by atoms with Crippen molar-refractivity contribution < 1.29 is 22.4 Å². The van der Waals surface area contributed by atoms with E-state index in [4.69, 9.17) is 5.73 Å². The van der Waals surface area contributed by atoms with Gasteiger partial charge >= 0.3 is 0 Å². The Labute approximate surface area is 110 Å². The lowest BCUT2D eigenvalue weighted by atomic mass is 10.2. The minimum Gasteiger partial charge on any atom is -0.398 e. The van der Waals surface area contributed by atoms with Crippen molar-refractivity contribution in [2.75, 3.05) is 11.1 Å². The molecule has 0 unspecified atom stereocenters. The third-order valence-electron chi connectivity index (χ3n) is 2.45.